The van der Waals surface area contributed by atoms with E-state index in [1.54, 1.807) is 6.92 Å². The third kappa shape index (κ3) is 5.42. The number of hydrogen-bond acceptors (Lipinski definition) is 4. The summed E-state index contributed by atoms with van der Waals surface area (Å²) in [5.41, 5.74) is 1.87. The zero-order chi connectivity index (χ0) is 17.4. The van der Waals surface area contributed by atoms with Crippen LogP contribution >= 0.6 is 11.8 Å². The van der Waals surface area contributed by atoms with Crippen molar-refractivity contribution in [3.05, 3.63) is 60.2 Å². The summed E-state index contributed by atoms with van der Waals surface area (Å²) >= 11 is 1.46. The number of hydrogen-bond donors (Lipinski definition) is 0. The second kappa shape index (κ2) is 9.13. The highest BCUT2D eigenvalue weighted by Crippen LogP contribution is 2.21. The van der Waals surface area contributed by atoms with Crippen LogP contribution in [0.3, 0.4) is 0 Å². The van der Waals surface area contributed by atoms with Gasteiger partial charge in [-0.15, -0.1) is 11.8 Å². The van der Waals surface area contributed by atoms with Gasteiger partial charge in [-0.3, -0.25) is 9.59 Å². The minimum atomic E-state index is -0.407. The summed E-state index contributed by atoms with van der Waals surface area (Å²) < 4.78 is 4.98. The Kier molecular flexibility index (Phi) is 6.88. The van der Waals surface area contributed by atoms with Gasteiger partial charge in [0.05, 0.1) is 12.4 Å². The molecule has 126 valence electrons. The number of esters is 1. The molecule has 0 aliphatic rings. The van der Waals surface area contributed by atoms with E-state index >= 15 is 0 Å². The topological polar surface area (TPSA) is 46.6 Å². The van der Waals surface area contributed by atoms with Gasteiger partial charge >= 0.3 is 5.97 Å². The monoisotopic (exact) mass is 343 g/mol. The number of carbonyl (C=O) groups is 2. The summed E-state index contributed by atoms with van der Waals surface area (Å²) in [7, 11) is 0. The van der Waals surface area contributed by atoms with E-state index in [2.05, 4.69) is 0 Å². The third-order valence-corrected chi connectivity index (χ3v) is 4.34. The van der Waals surface area contributed by atoms with Crippen molar-refractivity contribution in [3.63, 3.8) is 0 Å². The molecule has 1 amide bonds. The Morgan fingerprint density at radius 1 is 1.04 bits per heavy atom. The van der Waals surface area contributed by atoms with Crippen LogP contribution < -0.4 is 4.90 Å². The quantitative estimate of drug-likeness (QED) is 0.568. The number of nitrogens with zero attached hydrogens (tertiary/aromatic N) is 1. The van der Waals surface area contributed by atoms with E-state index in [1.807, 2.05) is 61.5 Å². The molecule has 0 saturated carbocycles. The van der Waals surface area contributed by atoms with E-state index in [4.69, 9.17) is 4.74 Å². The molecule has 4 nitrogen and oxygen atoms in total. The van der Waals surface area contributed by atoms with Crippen LogP contribution in [0, 0.1) is 6.92 Å². The van der Waals surface area contributed by atoms with Gasteiger partial charge in [-0.05, 0) is 38.1 Å². The van der Waals surface area contributed by atoms with Crippen molar-refractivity contribution < 1.29 is 14.3 Å². The van der Waals surface area contributed by atoms with Gasteiger partial charge in [0, 0.05) is 10.6 Å². The van der Waals surface area contributed by atoms with Crippen molar-refractivity contribution in [2.75, 3.05) is 23.8 Å². The maximum absolute atomic E-state index is 12.6. The largest absolute Gasteiger partial charge is 0.465 e. The minimum absolute atomic E-state index is 0.0782. The summed E-state index contributed by atoms with van der Waals surface area (Å²) in [5.74, 6) is -0.271. The van der Waals surface area contributed by atoms with Gasteiger partial charge < -0.3 is 9.64 Å². The Morgan fingerprint density at radius 3 is 2.33 bits per heavy atom. The van der Waals surface area contributed by atoms with Gasteiger partial charge in [0.2, 0.25) is 5.91 Å². The summed E-state index contributed by atoms with van der Waals surface area (Å²) in [6.07, 6.45) is 0. The highest BCUT2D eigenvalue weighted by atomic mass is 32.2. The molecule has 0 aliphatic carbocycles. The number of aryl methyl sites for hydroxylation is 1. The Morgan fingerprint density at radius 2 is 1.71 bits per heavy atom. The van der Waals surface area contributed by atoms with Crippen LogP contribution in [-0.2, 0) is 14.3 Å². The molecule has 24 heavy (non-hydrogen) atoms. The van der Waals surface area contributed by atoms with Gasteiger partial charge in [0.1, 0.15) is 6.54 Å². The van der Waals surface area contributed by atoms with Gasteiger partial charge in [-0.2, -0.15) is 0 Å². The van der Waals surface area contributed by atoms with Crippen molar-refractivity contribution in [3.8, 4) is 0 Å². The van der Waals surface area contributed by atoms with E-state index < -0.39 is 5.97 Å². The highest BCUT2D eigenvalue weighted by Gasteiger charge is 2.19. The molecule has 0 aromatic heterocycles. The number of benzene rings is 2. The fraction of sp³-hybridized carbons (Fsp3) is 0.263. The summed E-state index contributed by atoms with van der Waals surface area (Å²) in [6, 6.07) is 17.2. The Labute approximate surface area is 146 Å². The third-order valence-electron chi connectivity index (χ3n) is 3.34. The average Bonchev–Trinajstić information content (AvgIpc) is 2.60. The number of ether oxygens (including phenoxy) is 1. The molecular weight excluding hydrogens is 322 g/mol. The smallest absolute Gasteiger partial charge is 0.326 e. The molecule has 0 bridgehead atoms. The zero-order valence-electron chi connectivity index (χ0n) is 13.9. The molecule has 0 saturated heterocycles. The van der Waals surface area contributed by atoms with Crippen LogP contribution in [0.15, 0.2) is 59.5 Å². The fourth-order valence-corrected chi connectivity index (χ4v) is 2.90. The molecule has 0 heterocycles. The number of anilines is 1. The number of rotatable bonds is 7. The lowest BCUT2D eigenvalue weighted by Gasteiger charge is -2.21. The van der Waals surface area contributed by atoms with E-state index in [1.165, 1.54) is 22.2 Å². The van der Waals surface area contributed by atoms with E-state index in [-0.39, 0.29) is 18.2 Å². The lowest BCUT2D eigenvalue weighted by Crippen LogP contribution is -2.37. The first-order valence-electron chi connectivity index (χ1n) is 7.80. The molecule has 0 radical (unpaired) electrons. The van der Waals surface area contributed by atoms with Crippen molar-refractivity contribution in [2.45, 2.75) is 18.7 Å². The van der Waals surface area contributed by atoms with Crippen LogP contribution in [0.5, 0.6) is 0 Å². The van der Waals surface area contributed by atoms with Crippen LogP contribution in [0.25, 0.3) is 0 Å². The summed E-state index contributed by atoms with van der Waals surface area (Å²) in [6.45, 7) is 3.99. The van der Waals surface area contributed by atoms with Gasteiger partial charge in [0.25, 0.3) is 0 Å². The Bertz CT molecular complexity index is 671. The SMILES string of the molecule is CCOC(=O)CN(C(=O)CSc1ccc(C)cc1)c1ccccc1. The number of para-hydroxylation sites is 1. The molecule has 2 aromatic carbocycles. The molecule has 0 fully saturated rings. The average molecular weight is 343 g/mol. The Hall–Kier alpha value is -2.27. The molecule has 0 aliphatic heterocycles. The lowest BCUT2D eigenvalue weighted by atomic mass is 10.2. The number of amides is 1. The summed E-state index contributed by atoms with van der Waals surface area (Å²) in [5, 5.41) is 0. The predicted octanol–water partition coefficient (Wildman–Crippen LogP) is 3.68. The molecule has 0 atom stereocenters. The van der Waals surface area contributed by atoms with Crippen molar-refractivity contribution in [2.24, 2.45) is 0 Å². The lowest BCUT2D eigenvalue weighted by molar-refractivity contribution is -0.142. The number of carbonyl (C=O) groups excluding carboxylic acids is 2. The van der Waals surface area contributed by atoms with Crippen LogP contribution in [-0.4, -0.2) is 30.8 Å². The van der Waals surface area contributed by atoms with Gasteiger partial charge in [-0.1, -0.05) is 35.9 Å². The maximum Gasteiger partial charge on any atom is 0.326 e. The summed E-state index contributed by atoms with van der Waals surface area (Å²) in [4.78, 5) is 26.9. The molecule has 2 aromatic rings. The second-order valence-electron chi connectivity index (χ2n) is 5.22. The first kappa shape index (κ1) is 18.1. The normalized spacial score (nSPS) is 10.2. The first-order valence-corrected chi connectivity index (χ1v) is 8.79. The highest BCUT2D eigenvalue weighted by molar-refractivity contribution is 8.00. The van der Waals surface area contributed by atoms with E-state index in [0.29, 0.717) is 12.3 Å². The standard InChI is InChI=1S/C19H21NO3S/c1-3-23-19(22)13-20(16-7-5-4-6-8-16)18(21)14-24-17-11-9-15(2)10-12-17/h4-12H,3,13-14H2,1-2H3. The molecule has 0 unspecified atom stereocenters. The first-order chi connectivity index (χ1) is 11.6. The molecule has 5 heteroatoms. The fourth-order valence-electron chi connectivity index (χ4n) is 2.12. The minimum Gasteiger partial charge on any atom is -0.465 e. The van der Waals surface area contributed by atoms with Gasteiger partial charge in [0.15, 0.2) is 0 Å². The van der Waals surface area contributed by atoms with Crippen molar-refractivity contribution in [1.82, 2.24) is 0 Å². The molecule has 0 spiro atoms. The molecule has 2 rings (SSSR count). The van der Waals surface area contributed by atoms with E-state index in [0.717, 1.165) is 4.90 Å². The zero-order valence-corrected chi connectivity index (χ0v) is 14.7. The van der Waals surface area contributed by atoms with Crippen molar-refractivity contribution in [1.29, 1.82) is 0 Å². The molecular formula is C19H21NO3S. The maximum atomic E-state index is 12.6. The van der Waals surface area contributed by atoms with Crippen LogP contribution in [0.4, 0.5) is 5.69 Å². The predicted molar refractivity (Wildman–Crippen MR) is 97.3 cm³/mol. The van der Waals surface area contributed by atoms with Crippen molar-refractivity contribution >= 4 is 29.3 Å². The van der Waals surface area contributed by atoms with Gasteiger partial charge in [-0.25, -0.2) is 0 Å². The van der Waals surface area contributed by atoms with Crippen LogP contribution in [0.1, 0.15) is 12.5 Å². The number of thioether (sulfide) groups is 1. The molecule has 0 N–H and O–H groups in total. The van der Waals surface area contributed by atoms with Crippen LogP contribution in [0.2, 0.25) is 0 Å². The second-order valence-corrected chi connectivity index (χ2v) is 6.27. The Balaban J connectivity index is 2.06. The van der Waals surface area contributed by atoms with E-state index in [9.17, 15) is 9.59 Å².